The zero-order valence-electron chi connectivity index (χ0n) is 22.2. The van der Waals surface area contributed by atoms with E-state index < -0.39 is 5.91 Å². The quantitative estimate of drug-likeness (QED) is 0.295. The number of nitrogens with zero attached hydrogens (tertiary/aromatic N) is 6. The van der Waals surface area contributed by atoms with Crippen LogP contribution in [-0.2, 0) is 11.8 Å². The number of hydrogen-bond acceptors (Lipinski definition) is 8. The molecule has 2 aromatic carbocycles. The van der Waals surface area contributed by atoms with Crippen molar-refractivity contribution in [2.45, 2.75) is 0 Å². The van der Waals surface area contributed by atoms with E-state index in [1.54, 1.807) is 13.2 Å². The van der Waals surface area contributed by atoms with Crippen LogP contribution in [0.4, 0.5) is 17.3 Å². The van der Waals surface area contributed by atoms with Crippen LogP contribution in [0.5, 0.6) is 5.75 Å². The molecular weight excluding hydrogens is 504 g/mol. The molecule has 0 radical (unpaired) electrons. The molecule has 0 bridgehead atoms. The van der Waals surface area contributed by atoms with E-state index in [1.165, 1.54) is 6.33 Å². The summed E-state index contributed by atoms with van der Waals surface area (Å²) in [7, 11) is 9.53. The summed E-state index contributed by atoms with van der Waals surface area (Å²) in [4.78, 5) is 29.6. The lowest BCUT2D eigenvalue weighted by atomic mass is 10.0. The molecule has 0 atom stereocenters. The predicted octanol–water partition coefficient (Wildman–Crippen LogP) is 3.70. The zero-order valence-corrected chi connectivity index (χ0v) is 23.0. The Morgan fingerprint density at radius 3 is 2.58 bits per heavy atom. The van der Waals surface area contributed by atoms with Crippen LogP contribution in [-0.4, -0.2) is 71.7 Å². The third kappa shape index (κ3) is 5.87. The van der Waals surface area contributed by atoms with Gasteiger partial charge in [-0.05, 0) is 26.2 Å². The van der Waals surface area contributed by atoms with Gasteiger partial charge in [-0.3, -0.25) is 4.79 Å². The Balaban J connectivity index is 0.00000400. The molecule has 2 aromatic heterocycles. The molecule has 38 heavy (non-hydrogen) atoms. The summed E-state index contributed by atoms with van der Waals surface area (Å²) in [5.41, 5.74) is 9.74. The topological polar surface area (TPSA) is 114 Å². The first kappa shape index (κ1) is 28.4. The number of fused-ring (bicyclic) bond motifs is 1. The highest BCUT2D eigenvalue weighted by atomic mass is 35.5. The number of ether oxygens (including phenoxy) is 1. The molecule has 2 heterocycles. The number of nitrogens with two attached hydrogens (primary N) is 1. The van der Waals surface area contributed by atoms with Crippen LogP contribution in [0.15, 0.2) is 55.5 Å². The summed E-state index contributed by atoms with van der Waals surface area (Å²) >= 11 is 0. The van der Waals surface area contributed by atoms with Crippen LogP contribution in [0.25, 0.3) is 27.9 Å². The maximum atomic E-state index is 12.1. The molecule has 0 aliphatic rings. The van der Waals surface area contributed by atoms with Crippen molar-refractivity contribution >= 4 is 52.1 Å². The van der Waals surface area contributed by atoms with Gasteiger partial charge in [0.05, 0.1) is 12.8 Å². The summed E-state index contributed by atoms with van der Waals surface area (Å²) in [6.45, 7) is 5.48. The van der Waals surface area contributed by atoms with Gasteiger partial charge in [-0.25, -0.2) is 9.97 Å². The summed E-state index contributed by atoms with van der Waals surface area (Å²) < 4.78 is 7.72. The molecule has 0 saturated carbocycles. The Morgan fingerprint density at radius 2 is 1.89 bits per heavy atom. The van der Waals surface area contributed by atoms with Crippen molar-refractivity contribution in [1.29, 1.82) is 0 Å². The van der Waals surface area contributed by atoms with Crippen LogP contribution >= 0.6 is 12.4 Å². The lowest BCUT2D eigenvalue weighted by molar-refractivity contribution is -0.112. The van der Waals surface area contributed by atoms with E-state index in [1.807, 2.05) is 74.2 Å². The van der Waals surface area contributed by atoms with E-state index in [0.717, 1.165) is 35.2 Å². The molecule has 1 amide bonds. The van der Waals surface area contributed by atoms with E-state index in [-0.39, 0.29) is 18.0 Å². The molecule has 200 valence electrons. The van der Waals surface area contributed by atoms with Gasteiger partial charge in [-0.2, -0.15) is 4.98 Å². The first-order chi connectivity index (χ1) is 17.7. The molecule has 10 nitrogen and oxygen atoms in total. The minimum atomic E-state index is -0.600. The van der Waals surface area contributed by atoms with Gasteiger partial charge in [-0.15, -0.1) is 12.4 Å². The van der Waals surface area contributed by atoms with Crippen molar-refractivity contribution in [3.05, 3.63) is 61.1 Å². The number of nitrogens with one attached hydrogen (secondary N) is 1. The van der Waals surface area contributed by atoms with Crippen molar-refractivity contribution in [3.8, 4) is 17.1 Å². The molecule has 0 saturated heterocycles. The largest absolute Gasteiger partial charge is 0.494 e. The molecular formula is C27H33ClN8O2. The average molecular weight is 537 g/mol. The number of para-hydroxylation sites is 1. The van der Waals surface area contributed by atoms with Crippen LogP contribution < -0.4 is 20.7 Å². The highest BCUT2D eigenvalue weighted by Gasteiger charge is 2.20. The number of primary amides is 1. The molecule has 0 aliphatic carbocycles. The van der Waals surface area contributed by atoms with E-state index in [2.05, 4.69) is 31.7 Å². The number of aryl methyl sites for hydroxylation is 1. The first-order valence-corrected chi connectivity index (χ1v) is 11.8. The normalized spacial score (nSPS) is 10.8. The fourth-order valence-electron chi connectivity index (χ4n) is 4.12. The van der Waals surface area contributed by atoms with Gasteiger partial charge in [0, 0.05) is 72.7 Å². The van der Waals surface area contributed by atoms with E-state index >= 15 is 0 Å². The number of carbonyl (C=O) groups excluding carboxylic acids is 1. The molecule has 11 heteroatoms. The Hall–Kier alpha value is -4.15. The molecule has 0 fully saturated rings. The standard InChI is InChI=1S/C27H32N8O2.ClH/c1-17(25(28)36)19-13-21(24(37-6)14-23(19)34(4)12-11-33(2)3)31-27-30-16-29-26(32-27)20-15-35(5)22-10-8-7-9-18(20)22;/h7-10,13-16H,1,11-12H2,2-6H3,(H2,28,36)(H,29,30,31,32);1H. The van der Waals surface area contributed by atoms with E-state index in [0.29, 0.717) is 28.8 Å². The summed E-state index contributed by atoms with van der Waals surface area (Å²) in [6.07, 6.45) is 3.46. The molecule has 3 N–H and O–H groups in total. The van der Waals surface area contributed by atoms with Crippen molar-refractivity contribution in [3.63, 3.8) is 0 Å². The summed E-state index contributed by atoms with van der Waals surface area (Å²) in [6, 6.07) is 11.7. The van der Waals surface area contributed by atoms with Crippen LogP contribution in [0.3, 0.4) is 0 Å². The highest BCUT2D eigenvalue weighted by Crippen LogP contribution is 2.37. The number of halogens is 1. The maximum Gasteiger partial charge on any atom is 0.248 e. The maximum absolute atomic E-state index is 12.1. The second-order valence-corrected chi connectivity index (χ2v) is 9.07. The lowest BCUT2D eigenvalue weighted by Crippen LogP contribution is -2.29. The van der Waals surface area contributed by atoms with Gasteiger partial charge < -0.3 is 30.2 Å². The van der Waals surface area contributed by atoms with Crippen molar-refractivity contribution in [2.75, 3.05) is 51.6 Å². The number of anilines is 3. The number of methoxy groups -OCH3 is 1. The third-order valence-corrected chi connectivity index (χ3v) is 6.19. The Kier molecular flexibility index (Phi) is 8.92. The van der Waals surface area contributed by atoms with Gasteiger partial charge in [-0.1, -0.05) is 24.8 Å². The van der Waals surface area contributed by atoms with Gasteiger partial charge in [0.2, 0.25) is 11.9 Å². The smallest absolute Gasteiger partial charge is 0.248 e. The van der Waals surface area contributed by atoms with Gasteiger partial charge in [0.25, 0.3) is 0 Å². The fourth-order valence-corrected chi connectivity index (χ4v) is 4.12. The molecule has 0 spiro atoms. The summed E-state index contributed by atoms with van der Waals surface area (Å²) in [5.74, 6) is 0.826. The van der Waals surface area contributed by atoms with Crippen molar-refractivity contribution < 1.29 is 9.53 Å². The summed E-state index contributed by atoms with van der Waals surface area (Å²) in [5, 5.41) is 4.27. The van der Waals surface area contributed by atoms with E-state index in [9.17, 15) is 4.79 Å². The monoisotopic (exact) mass is 536 g/mol. The number of amides is 1. The van der Waals surface area contributed by atoms with Gasteiger partial charge in [0.15, 0.2) is 5.82 Å². The van der Waals surface area contributed by atoms with Crippen molar-refractivity contribution in [1.82, 2.24) is 24.4 Å². The molecule has 4 rings (SSSR count). The Labute approximate surface area is 228 Å². The van der Waals surface area contributed by atoms with Gasteiger partial charge in [0.1, 0.15) is 12.1 Å². The lowest BCUT2D eigenvalue weighted by Gasteiger charge is -2.26. The third-order valence-electron chi connectivity index (χ3n) is 6.19. The SMILES string of the molecule is C=C(C(N)=O)c1cc(Nc2ncnc(-c3cn(C)c4ccccc34)n2)c(OC)cc1N(C)CCN(C)C.Cl. The van der Waals surface area contributed by atoms with Crippen LogP contribution in [0.1, 0.15) is 5.56 Å². The predicted molar refractivity (Wildman–Crippen MR) is 155 cm³/mol. The molecule has 4 aromatic rings. The van der Waals surface area contributed by atoms with Crippen LogP contribution in [0, 0.1) is 0 Å². The second-order valence-electron chi connectivity index (χ2n) is 9.07. The highest BCUT2D eigenvalue weighted by molar-refractivity contribution is 6.19. The van der Waals surface area contributed by atoms with E-state index in [4.69, 9.17) is 10.5 Å². The number of rotatable bonds is 10. The Bertz CT molecular complexity index is 1470. The minimum absolute atomic E-state index is 0. The number of hydrogen-bond donors (Lipinski definition) is 2. The number of aromatic nitrogens is 4. The Morgan fingerprint density at radius 1 is 1.16 bits per heavy atom. The second kappa shape index (κ2) is 11.9. The average Bonchev–Trinajstić information content (AvgIpc) is 3.23. The van der Waals surface area contributed by atoms with Gasteiger partial charge >= 0.3 is 0 Å². The zero-order chi connectivity index (χ0) is 26.7. The van der Waals surface area contributed by atoms with Crippen LogP contribution in [0.2, 0.25) is 0 Å². The fraction of sp³-hybridized carbons (Fsp3) is 0.259. The minimum Gasteiger partial charge on any atom is -0.494 e. The number of likely N-dealkylation sites (N-methyl/N-ethyl adjacent to an activating group) is 2. The number of benzene rings is 2. The first-order valence-electron chi connectivity index (χ1n) is 11.8. The van der Waals surface area contributed by atoms with Crippen molar-refractivity contribution in [2.24, 2.45) is 12.8 Å². The molecule has 0 aliphatic heterocycles. The molecule has 0 unspecified atom stereocenters. The number of carbonyl (C=O) groups is 1.